The molecule has 0 spiro atoms. The number of carbonyl (C=O) groups is 1. The van der Waals surface area contributed by atoms with Crippen molar-refractivity contribution in [2.45, 2.75) is 20.4 Å². The van der Waals surface area contributed by atoms with Gasteiger partial charge in [-0.3, -0.25) is 4.79 Å². The predicted molar refractivity (Wildman–Crippen MR) is 67.2 cm³/mol. The third-order valence-corrected chi connectivity index (χ3v) is 2.67. The van der Waals surface area contributed by atoms with E-state index in [-0.39, 0.29) is 12.5 Å². The number of morpholine rings is 1. The maximum atomic E-state index is 11.6. The quantitative estimate of drug-likeness (QED) is 0.846. The average molecular weight is 250 g/mol. The number of amides is 1. The molecular formula is C12H18N4O2. The molecule has 2 rings (SSSR count). The third kappa shape index (κ3) is 3.16. The van der Waals surface area contributed by atoms with Gasteiger partial charge in [-0.05, 0) is 13.8 Å². The summed E-state index contributed by atoms with van der Waals surface area (Å²) in [4.78, 5) is 22.1. The highest BCUT2D eigenvalue weighted by atomic mass is 16.5. The zero-order chi connectivity index (χ0) is 13.0. The fourth-order valence-electron chi connectivity index (χ4n) is 1.86. The average Bonchev–Trinajstić information content (AvgIpc) is 2.32. The van der Waals surface area contributed by atoms with Gasteiger partial charge in [0.15, 0.2) is 0 Å². The Morgan fingerprint density at radius 1 is 1.50 bits per heavy atom. The van der Waals surface area contributed by atoms with Crippen molar-refractivity contribution in [1.29, 1.82) is 0 Å². The van der Waals surface area contributed by atoms with Gasteiger partial charge in [-0.25, -0.2) is 9.97 Å². The second-order valence-electron chi connectivity index (χ2n) is 4.21. The van der Waals surface area contributed by atoms with E-state index >= 15 is 0 Å². The molecule has 98 valence electrons. The van der Waals surface area contributed by atoms with Crippen molar-refractivity contribution in [2.75, 3.05) is 31.6 Å². The summed E-state index contributed by atoms with van der Waals surface area (Å²) < 4.78 is 5.09. The number of ether oxygens (including phenoxy) is 1. The molecule has 1 saturated heterocycles. The first-order chi connectivity index (χ1) is 8.69. The van der Waals surface area contributed by atoms with Crippen LogP contribution in [0.5, 0.6) is 0 Å². The Morgan fingerprint density at radius 3 is 3.06 bits per heavy atom. The SMILES string of the molecule is CCNc1cc(C)nc(CN2CCOCC2=O)n1. The molecule has 0 saturated carbocycles. The normalized spacial score (nSPS) is 15.9. The molecule has 1 aliphatic rings. The molecule has 0 unspecified atom stereocenters. The van der Waals surface area contributed by atoms with Gasteiger partial charge in [-0.2, -0.15) is 0 Å². The van der Waals surface area contributed by atoms with Gasteiger partial charge in [0.1, 0.15) is 18.2 Å². The van der Waals surface area contributed by atoms with Crippen LogP contribution in [0.4, 0.5) is 5.82 Å². The number of aromatic nitrogens is 2. The van der Waals surface area contributed by atoms with E-state index in [1.165, 1.54) is 0 Å². The summed E-state index contributed by atoms with van der Waals surface area (Å²) in [6.45, 7) is 6.54. The van der Waals surface area contributed by atoms with Gasteiger partial charge in [0.25, 0.3) is 0 Å². The molecule has 1 N–H and O–H groups in total. The summed E-state index contributed by atoms with van der Waals surface area (Å²) in [5, 5.41) is 3.16. The minimum atomic E-state index is -0.00337. The predicted octanol–water partition coefficient (Wildman–Crippen LogP) is 0.576. The zero-order valence-electron chi connectivity index (χ0n) is 10.8. The van der Waals surface area contributed by atoms with Gasteiger partial charge in [-0.15, -0.1) is 0 Å². The van der Waals surface area contributed by atoms with E-state index in [1.54, 1.807) is 4.90 Å². The highest BCUT2D eigenvalue weighted by molar-refractivity contribution is 5.77. The van der Waals surface area contributed by atoms with Crippen LogP contribution in [0.2, 0.25) is 0 Å². The van der Waals surface area contributed by atoms with Gasteiger partial charge in [0.05, 0.1) is 13.2 Å². The van der Waals surface area contributed by atoms with Crippen molar-refractivity contribution in [1.82, 2.24) is 14.9 Å². The van der Waals surface area contributed by atoms with Crippen LogP contribution in [0.1, 0.15) is 18.4 Å². The van der Waals surface area contributed by atoms with Crippen LogP contribution in [-0.2, 0) is 16.1 Å². The minimum absolute atomic E-state index is 0.00337. The van der Waals surface area contributed by atoms with Crippen molar-refractivity contribution in [2.24, 2.45) is 0 Å². The molecule has 0 aliphatic carbocycles. The molecule has 6 heteroatoms. The monoisotopic (exact) mass is 250 g/mol. The Bertz CT molecular complexity index is 436. The van der Waals surface area contributed by atoms with Crippen LogP contribution in [0.25, 0.3) is 0 Å². The Labute approximate surface area is 106 Å². The molecule has 18 heavy (non-hydrogen) atoms. The summed E-state index contributed by atoms with van der Waals surface area (Å²) in [6.07, 6.45) is 0. The van der Waals surface area contributed by atoms with Crippen molar-refractivity contribution >= 4 is 11.7 Å². The lowest BCUT2D eigenvalue weighted by Crippen LogP contribution is -2.41. The maximum absolute atomic E-state index is 11.6. The fraction of sp³-hybridized carbons (Fsp3) is 0.583. The van der Waals surface area contributed by atoms with Crippen molar-refractivity contribution in [3.63, 3.8) is 0 Å². The number of rotatable bonds is 4. The number of nitrogens with one attached hydrogen (secondary N) is 1. The summed E-state index contributed by atoms with van der Waals surface area (Å²) >= 11 is 0. The first-order valence-electron chi connectivity index (χ1n) is 6.13. The van der Waals surface area contributed by atoms with E-state index in [0.29, 0.717) is 25.5 Å². The van der Waals surface area contributed by atoms with Crippen LogP contribution >= 0.6 is 0 Å². The van der Waals surface area contributed by atoms with Crippen LogP contribution in [0.15, 0.2) is 6.07 Å². The molecule has 1 amide bonds. The number of hydrogen-bond donors (Lipinski definition) is 1. The Kier molecular flexibility index (Phi) is 4.09. The molecule has 0 bridgehead atoms. The fourth-order valence-corrected chi connectivity index (χ4v) is 1.86. The molecule has 1 aromatic heterocycles. The Balaban J connectivity index is 2.10. The third-order valence-electron chi connectivity index (χ3n) is 2.67. The molecular weight excluding hydrogens is 232 g/mol. The summed E-state index contributed by atoms with van der Waals surface area (Å²) in [5.74, 6) is 1.47. The highest BCUT2D eigenvalue weighted by Gasteiger charge is 2.19. The highest BCUT2D eigenvalue weighted by Crippen LogP contribution is 2.09. The largest absolute Gasteiger partial charge is 0.370 e. The van der Waals surface area contributed by atoms with Gasteiger partial charge >= 0.3 is 0 Å². The first kappa shape index (κ1) is 12.8. The number of carbonyl (C=O) groups excluding carboxylic acids is 1. The molecule has 1 aliphatic heterocycles. The van der Waals surface area contributed by atoms with Gasteiger partial charge in [0, 0.05) is 24.8 Å². The summed E-state index contributed by atoms with van der Waals surface area (Å²) in [5.41, 5.74) is 0.900. The van der Waals surface area contributed by atoms with Gasteiger partial charge < -0.3 is 15.0 Å². The van der Waals surface area contributed by atoms with Crippen LogP contribution in [0, 0.1) is 6.92 Å². The lowest BCUT2D eigenvalue weighted by molar-refractivity contribution is -0.143. The minimum Gasteiger partial charge on any atom is -0.370 e. The zero-order valence-corrected chi connectivity index (χ0v) is 10.8. The molecule has 0 atom stereocenters. The molecule has 0 radical (unpaired) electrons. The van der Waals surface area contributed by atoms with Crippen molar-refractivity contribution in [3.05, 3.63) is 17.6 Å². The molecule has 6 nitrogen and oxygen atoms in total. The van der Waals surface area contributed by atoms with Gasteiger partial charge in [0.2, 0.25) is 5.91 Å². The van der Waals surface area contributed by atoms with E-state index in [9.17, 15) is 4.79 Å². The van der Waals surface area contributed by atoms with Crippen LogP contribution < -0.4 is 5.32 Å². The van der Waals surface area contributed by atoms with Gasteiger partial charge in [-0.1, -0.05) is 0 Å². The molecule has 1 aromatic rings. The topological polar surface area (TPSA) is 67.3 Å². The number of nitrogens with zero attached hydrogens (tertiary/aromatic N) is 3. The molecule has 2 heterocycles. The van der Waals surface area contributed by atoms with E-state index in [0.717, 1.165) is 18.1 Å². The van der Waals surface area contributed by atoms with E-state index in [1.807, 2.05) is 19.9 Å². The van der Waals surface area contributed by atoms with E-state index in [2.05, 4.69) is 15.3 Å². The number of anilines is 1. The second-order valence-corrected chi connectivity index (χ2v) is 4.21. The Morgan fingerprint density at radius 2 is 2.33 bits per heavy atom. The smallest absolute Gasteiger partial charge is 0.249 e. The maximum Gasteiger partial charge on any atom is 0.249 e. The van der Waals surface area contributed by atoms with Crippen molar-refractivity contribution < 1.29 is 9.53 Å². The first-order valence-corrected chi connectivity index (χ1v) is 6.13. The van der Waals surface area contributed by atoms with E-state index < -0.39 is 0 Å². The molecule has 1 fully saturated rings. The van der Waals surface area contributed by atoms with Crippen LogP contribution in [0.3, 0.4) is 0 Å². The van der Waals surface area contributed by atoms with Crippen molar-refractivity contribution in [3.8, 4) is 0 Å². The number of hydrogen-bond acceptors (Lipinski definition) is 5. The van der Waals surface area contributed by atoms with E-state index in [4.69, 9.17) is 4.74 Å². The summed E-state index contributed by atoms with van der Waals surface area (Å²) in [7, 11) is 0. The summed E-state index contributed by atoms with van der Waals surface area (Å²) in [6, 6.07) is 1.90. The molecule has 0 aromatic carbocycles. The number of aryl methyl sites for hydroxylation is 1. The Hall–Kier alpha value is -1.69. The second kappa shape index (κ2) is 5.77. The lowest BCUT2D eigenvalue weighted by Gasteiger charge is -2.26. The lowest BCUT2D eigenvalue weighted by atomic mass is 10.3. The standard InChI is InChI=1S/C12H18N4O2/c1-3-13-10-6-9(2)14-11(15-10)7-16-4-5-18-8-12(16)17/h6H,3-5,7-8H2,1-2H3,(H,13,14,15). The van der Waals surface area contributed by atoms with Crippen LogP contribution in [-0.4, -0.2) is 47.1 Å².